The summed E-state index contributed by atoms with van der Waals surface area (Å²) in [5.74, 6) is 0.299. The number of ether oxygens (including phenoxy) is 3. The maximum absolute atomic E-state index is 13.0. The lowest BCUT2D eigenvalue weighted by Gasteiger charge is -2.56. The van der Waals surface area contributed by atoms with Crippen LogP contribution in [-0.4, -0.2) is 56.8 Å². The molecule has 7 nitrogen and oxygen atoms in total. The van der Waals surface area contributed by atoms with Crippen LogP contribution < -0.4 is 9.47 Å². The molecule has 33 heavy (non-hydrogen) atoms. The molecule has 0 aromatic heterocycles. The summed E-state index contributed by atoms with van der Waals surface area (Å²) in [4.78, 5) is 40.1. The van der Waals surface area contributed by atoms with Crippen LogP contribution in [0.4, 0.5) is 0 Å². The maximum Gasteiger partial charge on any atom is 0.336 e. The highest BCUT2D eigenvalue weighted by Gasteiger charge is 2.57. The van der Waals surface area contributed by atoms with Gasteiger partial charge in [0.2, 0.25) is 0 Å². The van der Waals surface area contributed by atoms with Crippen LogP contribution in [-0.2, 0) is 26.2 Å². The lowest BCUT2D eigenvalue weighted by molar-refractivity contribution is -0.129. The molecule has 2 bridgehead atoms. The standard InChI is InChI=1S/C26H29NO6/c1-5-6-7-8-23(30)33-25-22(32-4)11-16(15-28)17-12-19-18-13-21(31-3)20(29)14-26(18,24(17)25)9-10-27(19)2/h5-8,11,13,15,18-19H,9-10,12,14H2,1-4H3/b6-5+,8-7+/t18-,19+,26-/m1/s1. The molecule has 0 N–H and O–H groups in total. The lowest BCUT2D eigenvalue weighted by Crippen LogP contribution is -2.60. The van der Waals surface area contributed by atoms with E-state index in [1.165, 1.54) is 20.3 Å². The topological polar surface area (TPSA) is 82.1 Å². The summed E-state index contributed by atoms with van der Waals surface area (Å²) in [6.45, 7) is 2.64. The summed E-state index contributed by atoms with van der Waals surface area (Å²) in [7, 11) is 5.05. The smallest absolute Gasteiger partial charge is 0.336 e. The van der Waals surface area contributed by atoms with Crippen molar-refractivity contribution >= 4 is 18.0 Å². The van der Waals surface area contributed by atoms with Gasteiger partial charge in [-0.1, -0.05) is 18.2 Å². The molecular formula is C26H29NO6. The van der Waals surface area contributed by atoms with E-state index in [4.69, 9.17) is 14.2 Å². The summed E-state index contributed by atoms with van der Waals surface area (Å²) in [6.07, 6.45) is 10.7. The fourth-order valence-electron chi connectivity index (χ4n) is 5.69. The lowest BCUT2D eigenvalue weighted by atomic mass is 9.53. The molecule has 1 aromatic carbocycles. The van der Waals surface area contributed by atoms with Crippen molar-refractivity contribution in [2.75, 3.05) is 27.8 Å². The van der Waals surface area contributed by atoms with Crippen LogP contribution in [0.1, 0.15) is 41.3 Å². The fraction of sp³-hybridized carbons (Fsp3) is 0.423. The first-order chi connectivity index (χ1) is 15.9. The summed E-state index contributed by atoms with van der Waals surface area (Å²) in [5, 5.41) is 0. The number of nitrogens with zero attached hydrogens (tertiary/aromatic N) is 1. The molecule has 174 valence electrons. The van der Waals surface area contributed by atoms with Gasteiger partial charge in [0, 0.05) is 41.0 Å². The van der Waals surface area contributed by atoms with Gasteiger partial charge in [-0.25, -0.2) is 4.79 Å². The number of allylic oxidation sites excluding steroid dienone is 4. The van der Waals surface area contributed by atoms with Gasteiger partial charge in [-0.05, 0) is 51.1 Å². The molecule has 2 aliphatic carbocycles. The number of rotatable bonds is 6. The molecular weight excluding hydrogens is 422 g/mol. The van der Waals surface area contributed by atoms with Crippen molar-refractivity contribution in [3.63, 3.8) is 0 Å². The normalized spacial score (nSPS) is 26.5. The zero-order valence-electron chi connectivity index (χ0n) is 19.4. The number of methoxy groups -OCH3 is 2. The predicted octanol–water partition coefficient (Wildman–Crippen LogP) is 3.16. The number of benzene rings is 1. The number of Topliss-reactive ketones (excluding diaryl/α,β-unsaturated/α-hetero) is 1. The predicted molar refractivity (Wildman–Crippen MR) is 123 cm³/mol. The van der Waals surface area contributed by atoms with Crippen LogP contribution in [0.2, 0.25) is 0 Å². The van der Waals surface area contributed by atoms with E-state index in [0.29, 0.717) is 35.7 Å². The quantitative estimate of drug-likeness (QED) is 0.216. The summed E-state index contributed by atoms with van der Waals surface area (Å²) < 4.78 is 16.8. The van der Waals surface area contributed by atoms with E-state index >= 15 is 0 Å². The van der Waals surface area contributed by atoms with Gasteiger partial charge in [-0.3, -0.25) is 9.59 Å². The number of aldehydes is 1. The first kappa shape index (κ1) is 23.0. The molecule has 0 amide bonds. The Morgan fingerprint density at radius 1 is 1.24 bits per heavy atom. The molecule has 1 aliphatic heterocycles. The molecule has 0 radical (unpaired) electrons. The van der Waals surface area contributed by atoms with E-state index in [0.717, 1.165) is 24.0 Å². The van der Waals surface area contributed by atoms with Crippen LogP contribution in [0, 0.1) is 5.92 Å². The van der Waals surface area contributed by atoms with Gasteiger partial charge in [-0.2, -0.15) is 0 Å². The molecule has 1 fully saturated rings. The number of hydrogen-bond acceptors (Lipinski definition) is 7. The Balaban J connectivity index is 1.96. The maximum atomic E-state index is 13.0. The van der Waals surface area contributed by atoms with Crippen molar-refractivity contribution in [1.29, 1.82) is 0 Å². The molecule has 0 spiro atoms. The Bertz CT molecular complexity index is 1080. The van der Waals surface area contributed by atoms with Gasteiger partial charge in [0.15, 0.2) is 23.0 Å². The molecule has 1 aromatic rings. The molecule has 1 heterocycles. The van der Waals surface area contributed by atoms with Crippen LogP contribution in [0.5, 0.6) is 11.5 Å². The fourth-order valence-corrected chi connectivity index (χ4v) is 5.69. The van der Waals surface area contributed by atoms with E-state index in [1.54, 1.807) is 24.3 Å². The second-order valence-electron chi connectivity index (χ2n) is 8.79. The molecule has 7 heteroatoms. The number of carbonyl (C=O) groups excluding carboxylic acids is 3. The van der Waals surface area contributed by atoms with E-state index in [1.807, 2.05) is 13.0 Å². The monoisotopic (exact) mass is 451 g/mol. The van der Waals surface area contributed by atoms with Gasteiger partial charge in [0.25, 0.3) is 0 Å². The zero-order chi connectivity index (χ0) is 23.8. The number of ketones is 1. The van der Waals surface area contributed by atoms with Crippen molar-refractivity contribution < 1.29 is 28.6 Å². The zero-order valence-corrected chi connectivity index (χ0v) is 19.4. The van der Waals surface area contributed by atoms with Gasteiger partial charge in [-0.15, -0.1) is 0 Å². The van der Waals surface area contributed by atoms with Crippen molar-refractivity contribution in [2.45, 2.75) is 37.6 Å². The Morgan fingerprint density at radius 2 is 2.03 bits per heavy atom. The van der Waals surface area contributed by atoms with E-state index in [-0.39, 0.29) is 24.2 Å². The average Bonchev–Trinajstić information content (AvgIpc) is 2.80. The molecule has 3 atom stereocenters. The SMILES string of the molecule is C/C=C/C=C/C(=O)Oc1c(OC)cc(C=O)c2c1[C@@]13CCN(C)[C@@H](C2)[C@H]1C=C(OC)C(=O)C3. The minimum absolute atomic E-state index is 0.0287. The highest BCUT2D eigenvalue weighted by molar-refractivity contribution is 5.96. The van der Waals surface area contributed by atoms with Gasteiger partial charge in [0.05, 0.1) is 14.2 Å². The van der Waals surface area contributed by atoms with Crippen molar-refractivity contribution in [2.24, 2.45) is 5.92 Å². The first-order valence-corrected chi connectivity index (χ1v) is 11.1. The van der Waals surface area contributed by atoms with Crippen LogP contribution in [0.3, 0.4) is 0 Å². The van der Waals surface area contributed by atoms with Crippen LogP contribution in [0.25, 0.3) is 0 Å². The van der Waals surface area contributed by atoms with E-state index in [9.17, 15) is 14.4 Å². The van der Waals surface area contributed by atoms with Crippen LogP contribution >= 0.6 is 0 Å². The Morgan fingerprint density at radius 3 is 2.70 bits per heavy atom. The number of hydrogen-bond donors (Lipinski definition) is 0. The molecule has 0 unspecified atom stereocenters. The third kappa shape index (κ3) is 3.70. The van der Waals surface area contributed by atoms with Gasteiger partial charge < -0.3 is 19.1 Å². The largest absolute Gasteiger partial charge is 0.493 e. The number of fused-ring (bicyclic) bond motifs is 1. The number of carbonyl (C=O) groups is 3. The first-order valence-electron chi connectivity index (χ1n) is 11.1. The summed E-state index contributed by atoms with van der Waals surface area (Å²) in [5.41, 5.74) is 1.45. The van der Waals surface area contributed by atoms with Gasteiger partial charge >= 0.3 is 5.97 Å². The minimum atomic E-state index is -0.612. The number of piperidine rings is 1. The van der Waals surface area contributed by atoms with E-state index < -0.39 is 11.4 Å². The second kappa shape index (κ2) is 8.98. The molecule has 3 aliphatic rings. The summed E-state index contributed by atoms with van der Waals surface area (Å²) in [6, 6.07) is 1.72. The average molecular weight is 452 g/mol. The van der Waals surface area contributed by atoms with Crippen molar-refractivity contribution in [3.05, 3.63) is 58.9 Å². The van der Waals surface area contributed by atoms with Gasteiger partial charge in [0.1, 0.15) is 6.29 Å². The Hall–Kier alpha value is -3.19. The third-order valence-corrected chi connectivity index (χ3v) is 7.22. The van der Waals surface area contributed by atoms with Crippen LogP contribution in [0.15, 0.2) is 42.2 Å². The number of likely N-dealkylation sites (tertiary alicyclic amines) is 1. The second-order valence-corrected chi connectivity index (χ2v) is 8.79. The minimum Gasteiger partial charge on any atom is -0.493 e. The molecule has 0 saturated carbocycles. The van der Waals surface area contributed by atoms with E-state index in [2.05, 4.69) is 11.9 Å². The Labute approximate surface area is 193 Å². The number of likely N-dealkylation sites (N-methyl/N-ethyl adjacent to an activating group) is 1. The highest BCUT2D eigenvalue weighted by Crippen LogP contribution is 2.58. The molecule has 1 saturated heterocycles. The third-order valence-electron chi connectivity index (χ3n) is 7.22. The molecule has 4 rings (SSSR count). The Kier molecular flexibility index (Phi) is 6.26. The van der Waals surface area contributed by atoms with Crippen molar-refractivity contribution in [3.8, 4) is 11.5 Å². The van der Waals surface area contributed by atoms with Crippen molar-refractivity contribution in [1.82, 2.24) is 4.90 Å². The summed E-state index contributed by atoms with van der Waals surface area (Å²) >= 11 is 0. The number of esters is 1. The highest BCUT2D eigenvalue weighted by atomic mass is 16.6.